The van der Waals surface area contributed by atoms with E-state index in [1.807, 2.05) is 0 Å². The molecule has 1 atom stereocenters. The maximum atomic E-state index is 5.87. The molecular formula is C11H22N2. The van der Waals surface area contributed by atoms with E-state index in [0.29, 0.717) is 6.04 Å². The van der Waals surface area contributed by atoms with Crippen molar-refractivity contribution in [1.29, 1.82) is 0 Å². The molecule has 0 aromatic carbocycles. The fraction of sp³-hybridized carbons (Fsp3) is 1.00. The van der Waals surface area contributed by atoms with Crippen LogP contribution in [0.4, 0.5) is 0 Å². The van der Waals surface area contributed by atoms with Crippen LogP contribution in [0.1, 0.15) is 39.0 Å². The lowest BCUT2D eigenvalue weighted by Gasteiger charge is -2.30. The highest BCUT2D eigenvalue weighted by Gasteiger charge is 2.40. The number of hydrogen-bond donors (Lipinski definition) is 1. The fourth-order valence-corrected chi connectivity index (χ4v) is 2.36. The van der Waals surface area contributed by atoms with Crippen molar-refractivity contribution in [2.45, 2.75) is 51.1 Å². The molecule has 2 saturated carbocycles. The highest BCUT2D eigenvalue weighted by Crippen LogP contribution is 2.39. The van der Waals surface area contributed by atoms with Gasteiger partial charge in [0.25, 0.3) is 0 Å². The van der Waals surface area contributed by atoms with Gasteiger partial charge in [-0.2, -0.15) is 0 Å². The maximum Gasteiger partial charge on any atom is 0.0249 e. The Bertz CT molecular complexity index is 161. The lowest BCUT2D eigenvalue weighted by Crippen LogP contribution is -2.44. The molecule has 0 aliphatic heterocycles. The molecule has 0 saturated heterocycles. The van der Waals surface area contributed by atoms with E-state index >= 15 is 0 Å². The summed E-state index contributed by atoms with van der Waals surface area (Å²) in [6, 6.07) is 1.61. The Morgan fingerprint density at radius 1 is 1.31 bits per heavy atom. The van der Waals surface area contributed by atoms with E-state index < -0.39 is 0 Å². The van der Waals surface area contributed by atoms with E-state index in [1.165, 1.54) is 38.6 Å². The molecule has 0 heterocycles. The first-order valence-corrected chi connectivity index (χ1v) is 5.82. The van der Waals surface area contributed by atoms with E-state index in [2.05, 4.69) is 11.8 Å². The summed E-state index contributed by atoms with van der Waals surface area (Å²) in [5, 5.41) is 0. The summed E-state index contributed by atoms with van der Waals surface area (Å²) in [6.45, 7) is 4.42. The molecule has 0 aromatic heterocycles. The van der Waals surface area contributed by atoms with Crippen LogP contribution < -0.4 is 5.73 Å². The first-order valence-electron chi connectivity index (χ1n) is 5.82. The van der Waals surface area contributed by atoms with Gasteiger partial charge in [0.05, 0.1) is 0 Å². The maximum absolute atomic E-state index is 5.87. The van der Waals surface area contributed by atoms with Crippen molar-refractivity contribution < 1.29 is 0 Å². The monoisotopic (exact) mass is 182 g/mol. The summed E-state index contributed by atoms with van der Waals surface area (Å²) in [5.41, 5.74) is 5.87. The van der Waals surface area contributed by atoms with Crippen LogP contribution in [0, 0.1) is 5.92 Å². The van der Waals surface area contributed by atoms with E-state index in [9.17, 15) is 0 Å². The van der Waals surface area contributed by atoms with Gasteiger partial charge in [-0.15, -0.1) is 0 Å². The van der Waals surface area contributed by atoms with Gasteiger partial charge in [0, 0.05) is 18.6 Å². The Labute approximate surface area is 81.5 Å². The van der Waals surface area contributed by atoms with Crippen molar-refractivity contribution in [3.8, 4) is 0 Å². The zero-order chi connectivity index (χ0) is 9.26. The van der Waals surface area contributed by atoms with Gasteiger partial charge < -0.3 is 5.73 Å². The Morgan fingerprint density at radius 3 is 2.38 bits per heavy atom. The molecule has 0 bridgehead atoms. The van der Waals surface area contributed by atoms with Gasteiger partial charge in [-0.3, -0.25) is 4.90 Å². The number of nitrogens with zero attached hydrogens (tertiary/aromatic N) is 1. The average molecular weight is 182 g/mol. The molecule has 0 spiro atoms. The molecule has 2 aliphatic rings. The van der Waals surface area contributed by atoms with Crippen molar-refractivity contribution >= 4 is 0 Å². The van der Waals surface area contributed by atoms with Gasteiger partial charge in [-0.25, -0.2) is 0 Å². The average Bonchev–Trinajstić information content (AvgIpc) is 2.98. The van der Waals surface area contributed by atoms with Crippen LogP contribution in [0.25, 0.3) is 0 Å². The van der Waals surface area contributed by atoms with Gasteiger partial charge in [-0.05, 0) is 44.6 Å². The summed E-state index contributed by atoms with van der Waals surface area (Å²) >= 11 is 0. The third kappa shape index (κ3) is 2.23. The predicted octanol–water partition coefficient (Wildman–Crippen LogP) is 1.60. The summed E-state index contributed by atoms with van der Waals surface area (Å²) in [7, 11) is 0. The molecule has 0 radical (unpaired) electrons. The molecule has 2 fully saturated rings. The number of nitrogens with two attached hydrogens (primary N) is 1. The molecular weight excluding hydrogens is 160 g/mol. The second-order valence-corrected chi connectivity index (χ2v) is 4.61. The van der Waals surface area contributed by atoms with Crippen LogP contribution in [0.5, 0.6) is 0 Å². The van der Waals surface area contributed by atoms with E-state index in [-0.39, 0.29) is 0 Å². The van der Waals surface area contributed by atoms with E-state index in [1.54, 1.807) is 0 Å². The zero-order valence-corrected chi connectivity index (χ0v) is 8.71. The second-order valence-electron chi connectivity index (χ2n) is 4.61. The zero-order valence-electron chi connectivity index (χ0n) is 8.71. The van der Waals surface area contributed by atoms with E-state index in [0.717, 1.165) is 18.5 Å². The topological polar surface area (TPSA) is 29.3 Å². The van der Waals surface area contributed by atoms with Gasteiger partial charge >= 0.3 is 0 Å². The van der Waals surface area contributed by atoms with Crippen molar-refractivity contribution in [3.05, 3.63) is 0 Å². The smallest absolute Gasteiger partial charge is 0.0249 e. The standard InChI is InChI=1S/C11H22N2/c1-2-7-13(10-5-6-10)11(8-12)9-3-4-9/h9-11H,2-8,12H2,1H3. The van der Waals surface area contributed by atoms with Gasteiger partial charge in [0.1, 0.15) is 0 Å². The number of rotatable bonds is 6. The van der Waals surface area contributed by atoms with Gasteiger partial charge in [0.15, 0.2) is 0 Å². The lowest BCUT2D eigenvalue weighted by molar-refractivity contribution is 0.171. The SMILES string of the molecule is CCCN(C1CC1)C(CN)C1CC1. The van der Waals surface area contributed by atoms with Crippen LogP contribution >= 0.6 is 0 Å². The minimum atomic E-state index is 0.715. The Balaban J connectivity index is 1.90. The van der Waals surface area contributed by atoms with Crippen LogP contribution in [-0.4, -0.2) is 30.1 Å². The molecule has 2 N–H and O–H groups in total. The van der Waals surface area contributed by atoms with Crippen molar-refractivity contribution in [2.24, 2.45) is 11.7 Å². The molecule has 0 aromatic rings. The van der Waals surface area contributed by atoms with Crippen LogP contribution in [-0.2, 0) is 0 Å². The fourth-order valence-electron chi connectivity index (χ4n) is 2.36. The molecule has 2 heteroatoms. The highest BCUT2D eigenvalue weighted by atomic mass is 15.2. The summed E-state index contributed by atoms with van der Waals surface area (Å²) < 4.78 is 0. The van der Waals surface area contributed by atoms with Crippen LogP contribution in [0.2, 0.25) is 0 Å². The summed E-state index contributed by atoms with van der Waals surface area (Å²) in [5.74, 6) is 0.942. The first-order chi connectivity index (χ1) is 6.36. The van der Waals surface area contributed by atoms with Crippen LogP contribution in [0.15, 0.2) is 0 Å². The lowest BCUT2D eigenvalue weighted by atomic mass is 10.1. The molecule has 2 nitrogen and oxygen atoms in total. The molecule has 2 aliphatic carbocycles. The molecule has 0 amide bonds. The van der Waals surface area contributed by atoms with Gasteiger partial charge in [0.2, 0.25) is 0 Å². The normalized spacial score (nSPS) is 25.2. The van der Waals surface area contributed by atoms with Crippen LogP contribution in [0.3, 0.4) is 0 Å². The van der Waals surface area contributed by atoms with Crippen molar-refractivity contribution in [1.82, 2.24) is 4.90 Å². The Kier molecular flexibility index (Phi) is 2.89. The molecule has 13 heavy (non-hydrogen) atoms. The molecule has 1 unspecified atom stereocenters. The second kappa shape index (κ2) is 3.97. The summed E-state index contributed by atoms with van der Waals surface area (Å²) in [6.07, 6.45) is 6.97. The van der Waals surface area contributed by atoms with Crippen molar-refractivity contribution in [3.63, 3.8) is 0 Å². The predicted molar refractivity (Wildman–Crippen MR) is 55.6 cm³/mol. The Morgan fingerprint density at radius 2 is 2.00 bits per heavy atom. The van der Waals surface area contributed by atoms with Crippen molar-refractivity contribution in [2.75, 3.05) is 13.1 Å². The van der Waals surface area contributed by atoms with E-state index in [4.69, 9.17) is 5.73 Å². The highest BCUT2D eigenvalue weighted by molar-refractivity contribution is 4.95. The largest absolute Gasteiger partial charge is 0.329 e. The number of hydrogen-bond acceptors (Lipinski definition) is 2. The minimum Gasteiger partial charge on any atom is -0.329 e. The Hall–Kier alpha value is -0.0800. The first kappa shape index (κ1) is 9.47. The quantitative estimate of drug-likeness (QED) is 0.676. The minimum absolute atomic E-state index is 0.715. The molecule has 76 valence electrons. The third-order valence-corrected chi connectivity index (χ3v) is 3.33. The third-order valence-electron chi connectivity index (χ3n) is 3.33. The van der Waals surface area contributed by atoms with Gasteiger partial charge in [-0.1, -0.05) is 6.92 Å². The molecule has 2 rings (SSSR count). The summed E-state index contributed by atoms with van der Waals surface area (Å²) in [4.78, 5) is 2.69.